The van der Waals surface area contributed by atoms with Crippen molar-refractivity contribution in [2.45, 2.75) is 0 Å². The Morgan fingerprint density at radius 3 is 0.750 bits per heavy atom. The first-order chi connectivity index (χ1) is 0. The molecule has 0 saturated heterocycles. The molecule has 0 fully saturated rings. The molecule has 0 saturated carbocycles. The first kappa shape index (κ1) is 34.7. The fourth-order valence-corrected chi connectivity index (χ4v) is 0. The van der Waals surface area contributed by atoms with Crippen molar-refractivity contribution in [1.29, 1.82) is 0 Å². The topological polar surface area (TPSA) is 0 Å². The van der Waals surface area contributed by atoms with Gasteiger partial charge in [-0.15, -0.1) is 0 Å². The van der Waals surface area contributed by atoms with Crippen molar-refractivity contribution >= 4 is 0 Å². The van der Waals surface area contributed by atoms with Gasteiger partial charge in [0, 0.05) is 71.1 Å². The summed E-state index contributed by atoms with van der Waals surface area (Å²) in [6.45, 7) is 0. The van der Waals surface area contributed by atoms with E-state index in [1.807, 2.05) is 0 Å². The molecule has 4 heteroatoms. The molecule has 0 bridgehead atoms. The predicted octanol–water partition coefficient (Wildman–Crippen LogP) is -0.0100. The maximum atomic E-state index is 0. The van der Waals surface area contributed by atoms with E-state index in [2.05, 4.69) is 0 Å². The van der Waals surface area contributed by atoms with Crippen molar-refractivity contribution in [3.63, 3.8) is 0 Å². The van der Waals surface area contributed by atoms with E-state index in [1.165, 1.54) is 0 Å². The minimum Gasteiger partial charge on any atom is 0 e. The van der Waals surface area contributed by atoms with E-state index in [4.69, 9.17) is 0 Å². The molecule has 37 valence electrons. The van der Waals surface area contributed by atoms with E-state index in [9.17, 15) is 0 Å². The zero-order chi connectivity index (χ0) is 0. The quantitative estimate of drug-likeness (QED) is 0.531. The summed E-state index contributed by atoms with van der Waals surface area (Å²) in [5.41, 5.74) is 0. The normalized spacial score (nSPS) is 0. The molecular formula is CuNi2W. The van der Waals surface area contributed by atoms with E-state index < -0.39 is 0 Å². The molecule has 0 aliphatic rings. The van der Waals surface area contributed by atoms with Gasteiger partial charge in [-0.25, -0.2) is 0 Å². The fourth-order valence-electron chi connectivity index (χ4n) is 0. The van der Waals surface area contributed by atoms with E-state index in [0.29, 0.717) is 0 Å². The summed E-state index contributed by atoms with van der Waals surface area (Å²) < 4.78 is 0. The van der Waals surface area contributed by atoms with Crippen LogP contribution in [0.15, 0.2) is 0 Å². The van der Waals surface area contributed by atoms with E-state index in [0.717, 1.165) is 0 Å². The Hall–Kier alpha value is 2.19. The van der Waals surface area contributed by atoms with Crippen LogP contribution in [0, 0.1) is 0 Å². The van der Waals surface area contributed by atoms with Gasteiger partial charge in [-0.1, -0.05) is 0 Å². The second kappa shape index (κ2) is 19.0. The van der Waals surface area contributed by atoms with Gasteiger partial charge < -0.3 is 0 Å². The first-order valence-electron chi connectivity index (χ1n) is 0. The summed E-state index contributed by atoms with van der Waals surface area (Å²) in [5.74, 6) is 0. The average molecular weight is 365 g/mol. The average Bonchev–Trinajstić information content (AvgIpc) is 0. The zero-order valence-corrected chi connectivity index (χ0v) is 7.19. The van der Waals surface area contributed by atoms with Gasteiger partial charge in [-0.3, -0.25) is 0 Å². The molecule has 0 amide bonds. The molecule has 0 aromatic rings. The number of hydrogen-bond acceptors (Lipinski definition) is 0. The predicted molar refractivity (Wildman–Crippen MR) is 0 cm³/mol. The molecule has 0 rings (SSSR count). The van der Waals surface area contributed by atoms with Crippen molar-refractivity contribution in [3.8, 4) is 0 Å². The van der Waals surface area contributed by atoms with Crippen LogP contribution in [0.2, 0.25) is 0 Å². The Kier molecular flexibility index (Phi) is 165. The molecule has 0 unspecified atom stereocenters. The van der Waals surface area contributed by atoms with Gasteiger partial charge in [-0.05, 0) is 0 Å². The molecule has 0 atom stereocenters. The van der Waals surface area contributed by atoms with Gasteiger partial charge in [0.15, 0.2) is 0 Å². The van der Waals surface area contributed by atoms with Gasteiger partial charge in [0.25, 0.3) is 0 Å². The second-order valence-corrected chi connectivity index (χ2v) is 0. The first-order valence-corrected chi connectivity index (χ1v) is 0. The Labute approximate surface area is 70.4 Å². The molecule has 4 heavy (non-hydrogen) atoms. The minimum absolute atomic E-state index is 0. The van der Waals surface area contributed by atoms with Crippen molar-refractivity contribution in [2.75, 3.05) is 0 Å². The van der Waals surface area contributed by atoms with Crippen LogP contribution in [0.3, 0.4) is 0 Å². The third-order valence-corrected chi connectivity index (χ3v) is 0. The SMILES string of the molecule is [Cu].[Ni].[Ni].[W]. The monoisotopic (exact) mass is 363 g/mol. The number of rotatable bonds is 0. The fraction of sp³-hybridized carbons (Fsp3) is 0. The van der Waals surface area contributed by atoms with Crippen LogP contribution in [-0.2, 0) is 71.1 Å². The number of hydrogen-bond donors (Lipinski definition) is 0. The van der Waals surface area contributed by atoms with Crippen LogP contribution in [0.1, 0.15) is 0 Å². The summed E-state index contributed by atoms with van der Waals surface area (Å²) in [6, 6.07) is 0. The minimum atomic E-state index is 0. The van der Waals surface area contributed by atoms with Crippen molar-refractivity contribution in [1.82, 2.24) is 0 Å². The van der Waals surface area contributed by atoms with Crippen LogP contribution < -0.4 is 0 Å². The summed E-state index contributed by atoms with van der Waals surface area (Å²) >= 11 is 0. The van der Waals surface area contributed by atoms with Crippen molar-refractivity contribution in [3.05, 3.63) is 0 Å². The van der Waals surface area contributed by atoms with E-state index in [-0.39, 0.29) is 71.1 Å². The Morgan fingerprint density at radius 2 is 0.750 bits per heavy atom. The standard InChI is InChI=1S/Cu.2Ni.W. The third kappa shape index (κ3) is 8.89. The molecule has 0 aromatic heterocycles. The summed E-state index contributed by atoms with van der Waals surface area (Å²) in [6.07, 6.45) is 0. The second-order valence-electron chi connectivity index (χ2n) is 0. The molecule has 0 heterocycles. The summed E-state index contributed by atoms with van der Waals surface area (Å²) in [4.78, 5) is 0. The molecule has 0 nitrogen and oxygen atoms in total. The van der Waals surface area contributed by atoms with Gasteiger partial charge in [0.05, 0.1) is 0 Å². The van der Waals surface area contributed by atoms with Crippen LogP contribution in [0.5, 0.6) is 0 Å². The van der Waals surface area contributed by atoms with E-state index in [1.54, 1.807) is 0 Å². The van der Waals surface area contributed by atoms with Gasteiger partial charge in [-0.2, -0.15) is 0 Å². The molecule has 1 radical (unpaired) electrons. The summed E-state index contributed by atoms with van der Waals surface area (Å²) in [7, 11) is 0. The Bertz CT molecular complexity index is 6.00. The van der Waals surface area contributed by atoms with Gasteiger partial charge in [0.1, 0.15) is 0 Å². The summed E-state index contributed by atoms with van der Waals surface area (Å²) in [5, 5.41) is 0. The van der Waals surface area contributed by atoms with Crippen LogP contribution >= 0.6 is 0 Å². The maximum absolute atomic E-state index is 0. The van der Waals surface area contributed by atoms with Crippen LogP contribution in [-0.4, -0.2) is 0 Å². The Balaban J connectivity index is 0. The molecule has 0 spiro atoms. The van der Waals surface area contributed by atoms with E-state index >= 15 is 0 Å². The maximum Gasteiger partial charge on any atom is 0 e. The van der Waals surface area contributed by atoms with Crippen LogP contribution in [0.25, 0.3) is 0 Å². The third-order valence-electron chi connectivity index (χ3n) is 0. The molecule has 0 aliphatic heterocycles. The molecule has 0 N–H and O–H groups in total. The zero-order valence-electron chi connectivity index (χ0n) is 1.34. The Morgan fingerprint density at radius 1 is 0.750 bits per heavy atom. The molecule has 0 aliphatic carbocycles. The molecule has 0 aromatic carbocycles. The van der Waals surface area contributed by atoms with Crippen molar-refractivity contribution < 1.29 is 71.1 Å². The van der Waals surface area contributed by atoms with Gasteiger partial charge in [0.2, 0.25) is 0 Å². The van der Waals surface area contributed by atoms with Gasteiger partial charge >= 0.3 is 0 Å². The van der Waals surface area contributed by atoms with Crippen LogP contribution in [0.4, 0.5) is 0 Å². The largest absolute Gasteiger partial charge is 0 e. The smallest absolute Gasteiger partial charge is 0 e. The molecular weight excluding hydrogens is 365 g/mol. The van der Waals surface area contributed by atoms with Crippen molar-refractivity contribution in [2.24, 2.45) is 0 Å².